The normalized spacial score (nSPS) is 19.6. The van der Waals surface area contributed by atoms with Crippen LogP contribution in [0.25, 0.3) is 22.0 Å². The number of halogens is 1. The number of piperidine rings is 1. The quantitative estimate of drug-likeness (QED) is 0.582. The van der Waals surface area contributed by atoms with Gasteiger partial charge in [-0.15, -0.1) is 0 Å². The molecular formula is C25H23FN4O2. The molecule has 3 aliphatic rings. The van der Waals surface area contributed by atoms with E-state index in [4.69, 9.17) is 0 Å². The van der Waals surface area contributed by atoms with Crippen molar-refractivity contribution >= 4 is 28.4 Å². The van der Waals surface area contributed by atoms with Crippen LogP contribution in [0.4, 0.5) is 10.1 Å². The summed E-state index contributed by atoms with van der Waals surface area (Å²) >= 11 is 0. The van der Waals surface area contributed by atoms with Crippen molar-refractivity contribution < 1.29 is 14.0 Å². The molecule has 162 valence electrons. The number of hydrogen-bond acceptors (Lipinski definition) is 4. The SMILES string of the molecule is CN1C(=O)C2(CCN(C(=O)C3CC3)CC2)c2c1cnc1ccc(-c3ccc(F)nc3)cc21. The topological polar surface area (TPSA) is 66.4 Å². The van der Waals surface area contributed by atoms with E-state index in [1.807, 2.05) is 23.1 Å². The third kappa shape index (κ3) is 2.76. The number of aromatic nitrogens is 2. The Bertz CT molecular complexity index is 1260. The van der Waals surface area contributed by atoms with Gasteiger partial charge in [-0.25, -0.2) is 4.98 Å². The summed E-state index contributed by atoms with van der Waals surface area (Å²) in [7, 11) is 1.80. The molecule has 0 atom stereocenters. The zero-order valence-corrected chi connectivity index (χ0v) is 17.8. The Hall–Kier alpha value is -3.35. The Labute approximate surface area is 185 Å². The number of hydrogen-bond donors (Lipinski definition) is 0. The van der Waals surface area contributed by atoms with Gasteiger partial charge in [-0.05, 0) is 55.5 Å². The van der Waals surface area contributed by atoms with E-state index in [-0.39, 0.29) is 17.7 Å². The third-order valence-electron chi connectivity index (χ3n) is 7.32. The van der Waals surface area contributed by atoms with Crippen LogP contribution in [0.2, 0.25) is 0 Å². The van der Waals surface area contributed by atoms with Gasteiger partial charge in [0.2, 0.25) is 17.8 Å². The average molecular weight is 430 g/mol. The van der Waals surface area contributed by atoms with Gasteiger partial charge in [-0.2, -0.15) is 4.39 Å². The number of pyridine rings is 2. The van der Waals surface area contributed by atoms with Gasteiger partial charge in [0, 0.05) is 48.8 Å². The second-order valence-corrected chi connectivity index (χ2v) is 9.17. The van der Waals surface area contributed by atoms with Crippen LogP contribution in [0.15, 0.2) is 42.7 Å². The minimum absolute atomic E-state index is 0.0779. The first-order valence-corrected chi connectivity index (χ1v) is 11.1. The molecule has 2 amide bonds. The fourth-order valence-corrected chi connectivity index (χ4v) is 5.36. The molecule has 0 N–H and O–H groups in total. The largest absolute Gasteiger partial charge is 0.342 e. The number of benzene rings is 1. The molecule has 3 aromatic rings. The summed E-state index contributed by atoms with van der Waals surface area (Å²) < 4.78 is 13.3. The van der Waals surface area contributed by atoms with Crippen LogP contribution >= 0.6 is 0 Å². The molecule has 0 bridgehead atoms. The van der Waals surface area contributed by atoms with E-state index in [1.54, 1.807) is 24.2 Å². The number of carbonyl (C=O) groups excluding carboxylic acids is 2. The van der Waals surface area contributed by atoms with E-state index >= 15 is 0 Å². The Balaban J connectivity index is 1.46. The highest BCUT2D eigenvalue weighted by Crippen LogP contribution is 2.50. The van der Waals surface area contributed by atoms with E-state index in [1.165, 1.54) is 12.3 Å². The monoisotopic (exact) mass is 430 g/mol. The lowest BCUT2D eigenvalue weighted by Crippen LogP contribution is -2.50. The summed E-state index contributed by atoms with van der Waals surface area (Å²) in [5.41, 5.74) is 3.72. The van der Waals surface area contributed by atoms with Gasteiger partial charge in [0.25, 0.3) is 0 Å². The molecule has 1 aromatic carbocycles. The first-order valence-electron chi connectivity index (χ1n) is 11.1. The van der Waals surface area contributed by atoms with Crippen LogP contribution in [0.5, 0.6) is 0 Å². The maximum atomic E-state index is 13.5. The number of fused-ring (bicyclic) bond motifs is 4. The van der Waals surface area contributed by atoms with Crippen molar-refractivity contribution in [3.05, 3.63) is 54.2 Å². The molecular weight excluding hydrogens is 407 g/mol. The Kier molecular flexibility index (Phi) is 4.12. The van der Waals surface area contributed by atoms with Crippen molar-refractivity contribution in [2.45, 2.75) is 31.1 Å². The molecule has 2 fully saturated rings. The summed E-state index contributed by atoms with van der Waals surface area (Å²) in [5.74, 6) is -0.00953. The van der Waals surface area contributed by atoms with Gasteiger partial charge < -0.3 is 9.80 Å². The van der Waals surface area contributed by atoms with Crippen molar-refractivity contribution in [3.63, 3.8) is 0 Å². The van der Waals surface area contributed by atoms with E-state index < -0.39 is 11.4 Å². The number of rotatable bonds is 2. The first-order chi connectivity index (χ1) is 15.5. The molecule has 1 aliphatic carbocycles. The zero-order valence-electron chi connectivity index (χ0n) is 17.8. The smallest absolute Gasteiger partial charge is 0.237 e. The summed E-state index contributed by atoms with van der Waals surface area (Å²) in [5, 5.41) is 0.934. The standard InChI is InChI=1S/C25H23FN4O2/c1-29-20-14-27-19-6-4-16(17-5-7-21(26)28-13-17)12-18(19)22(20)25(24(29)32)8-10-30(11-9-25)23(31)15-2-3-15/h4-7,12-15H,2-3,8-11H2,1H3. The molecule has 1 saturated heterocycles. The van der Waals surface area contributed by atoms with Gasteiger partial charge in [-0.3, -0.25) is 14.6 Å². The number of likely N-dealkylation sites (tertiary alicyclic amines) is 1. The van der Waals surface area contributed by atoms with Gasteiger partial charge in [0.05, 0.1) is 22.8 Å². The Morgan fingerprint density at radius 2 is 1.81 bits per heavy atom. The van der Waals surface area contributed by atoms with Gasteiger partial charge in [0.15, 0.2) is 0 Å². The lowest BCUT2D eigenvalue weighted by atomic mass is 9.72. The van der Waals surface area contributed by atoms with Crippen molar-refractivity contribution in [1.29, 1.82) is 0 Å². The van der Waals surface area contributed by atoms with E-state index in [0.29, 0.717) is 25.9 Å². The summed E-state index contributed by atoms with van der Waals surface area (Å²) in [6.45, 7) is 1.19. The molecule has 0 unspecified atom stereocenters. The second kappa shape index (κ2) is 6.82. The van der Waals surface area contributed by atoms with Crippen LogP contribution in [0.3, 0.4) is 0 Å². The summed E-state index contributed by atoms with van der Waals surface area (Å²) in [6, 6.07) is 8.97. The molecule has 2 aliphatic heterocycles. The maximum Gasteiger partial charge on any atom is 0.237 e. The number of likely N-dealkylation sites (N-methyl/N-ethyl adjacent to an activating group) is 1. The second-order valence-electron chi connectivity index (χ2n) is 9.17. The predicted octanol–water partition coefficient (Wildman–Crippen LogP) is 3.68. The fraction of sp³-hybridized carbons (Fsp3) is 0.360. The highest BCUT2D eigenvalue weighted by molar-refractivity contribution is 6.12. The van der Waals surface area contributed by atoms with Crippen molar-refractivity contribution in [3.8, 4) is 11.1 Å². The van der Waals surface area contributed by atoms with Crippen LogP contribution in [0, 0.1) is 11.9 Å². The molecule has 0 radical (unpaired) electrons. The van der Waals surface area contributed by atoms with Crippen LogP contribution < -0.4 is 4.90 Å². The van der Waals surface area contributed by atoms with E-state index in [9.17, 15) is 14.0 Å². The van der Waals surface area contributed by atoms with Gasteiger partial charge >= 0.3 is 0 Å². The summed E-state index contributed by atoms with van der Waals surface area (Å²) in [6.07, 6.45) is 6.50. The molecule has 32 heavy (non-hydrogen) atoms. The summed E-state index contributed by atoms with van der Waals surface area (Å²) in [4.78, 5) is 38.2. The third-order valence-corrected chi connectivity index (χ3v) is 7.32. The molecule has 6 rings (SSSR count). The lowest BCUT2D eigenvalue weighted by Gasteiger charge is -2.38. The van der Waals surface area contributed by atoms with Crippen LogP contribution in [-0.2, 0) is 15.0 Å². The fourth-order valence-electron chi connectivity index (χ4n) is 5.36. The van der Waals surface area contributed by atoms with Gasteiger partial charge in [0.1, 0.15) is 0 Å². The van der Waals surface area contributed by atoms with Crippen molar-refractivity contribution in [1.82, 2.24) is 14.9 Å². The van der Waals surface area contributed by atoms with E-state index in [2.05, 4.69) is 9.97 Å². The molecule has 6 nitrogen and oxygen atoms in total. The molecule has 2 aromatic heterocycles. The first kappa shape index (κ1) is 19.3. The Morgan fingerprint density at radius 1 is 1.06 bits per heavy atom. The number of carbonyl (C=O) groups is 2. The molecule has 4 heterocycles. The van der Waals surface area contributed by atoms with Crippen molar-refractivity contribution in [2.24, 2.45) is 5.92 Å². The molecule has 1 spiro atoms. The Morgan fingerprint density at radius 3 is 2.50 bits per heavy atom. The van der Waals surface area contributed by atoms with Crippen LogP contribution in [-0.4, -0.2) is 46.8 Å². The number of nitrogens with zero attached hydrogens (tertiary/aromatic N) is 4. The van der Waals surface area contributed by atoms with Crippen LogP contribution in [0.1, 0.15) is 31.2 Å². The highest BCUT2D eigenvalue weighted by Gasteiger charge is 2.53. The van der Waals surface area contributed by atoms with E-state index in [0.717, 1.165) is 46.1 Å². The average Bonchev–Trinajstić information content (AvgIpc) is 3.65. The number of amides is 2. The minimum Gasteiger partial charge on any atom is -0.342 e. The molecule has 1 saturated carbocycles. The lowest BCUT2D eigenvalue weighted by molar-refractivity contribution is -0.136. The predicted molar refractivity (Wildman–Crippen MR) is 119 cm³/mol. The number of anilines is 1. The van der Waals surface area contributed by atoms with Crippen molar-refractivity contribution in [2.75, 3.05) is 25.0 Å². The molecule has 7 heteroatoms. The van der Waals surface area contributed by atoms with Gasteiger partial charge in [-0.1, -0.05) is 6.07 Å². The maximum absolute atomic E-state index is 13.5. The zero-order chi connectivity index (χ0) is 22.0. The minimum atomic E-state index is -0.648. The highest BCUT2D eigenvalue weighted by atomic mass is 19.1.